The Hall–Kier alpha value is -2.91. The minimum Gasteiger partial charge on any atom is -0.454 e. The lowest BCUT2D eigenvalue weighted by Gasteiger charge is -2.23. The van der Waals surface area contributed by atoms with E-state index in [0.717, 1.165) is 42.4 Å². The van der Waals surface area contributed by atoms with Crippen molar-refractivity contribution in [1.29, 1.82) is 0 Å². The predicted molar refractivity (Wildman–Crippen MR) is 100 cm³/mol. The molecule has 31 heavy (non-hydrogen) atoms. The van der Waals surface area contributed by atoms with Crippen molar-refractivity contribution in [3.8, 4) is 0 Å². The van der Waals surface area contributed by atoms with Crippen LogP contribution in [0.5, 0.6) is 0 Å². The lowest BCUT2D eigenvalue weighted by molar-refractivity contribution is -0.159. The number of anilines is 1. The van der Waals surface area contributed by atoms with Crippen molar-refractivity contribution in [3.63, 3.8) is 0 Å². The van der Waals surface area contributed by atoms with Crippen LogP contribution >= 0.6 is 0 Å². The van der Waals surface area contributed by atoms with Crippen molar-refractivity contribution in [3.05, 3.63) is 29.8 Å². The van der Waals surface area contributed by atoms with Gasteiger partial charge in [0.1, 0.15) is 6.04 Å². The van der Waals surface area contributed by atoms with Crippen LogP contribution in [0, 0.1) is 23.7 Å². The SMILES string of the molecule is C[C@@H](C(=O)OCC(=O)Nc1cccc(C(F)(F)F)c1)N1C(=O)[C@@H]2[C@H]3CC[C@@H](C3)[C@@H]2C1=O. The quantitative estimate of drug-likeness (QED) is 0.564. The van der Waals surface area contributed by atoms with Gasteiger partial charge in [0.25, 0.3) is 5.91 Å². The van der Waals surface area contributed by atoms with Crippen molar-refractivity contribution in [2.75, 3.05) is 11.9 Å². The van der Waals surface area contributed by atoms with Gasteiger partial charge in [0.05, 0.1) is 17.4 Å². The summed E-state index contributed by atoms with van der Waals surface area (Å²) in [5, 5.41) is 2.22. The molecule has 0 aromatic heterocycles. The number of carbonyl (C=O) groups is 4. The van der Waals surface area contributed by atoms with E-state index in [1.165, 1.54) is 13.0 Å². The van der Waals surface area contributed by atoms with Gasteiger partial charge in [-0.1, -0.05) is 6.07 Å². The van der Waals surface area contributed by atoms with E-state index in [4.69, 9.17) is 4.74 Å². The molecule has 1 aromatic carbocycles. The first-order valence-electron chi connectivity index (χ1n) is 10.1. The number of carbonyl (C=O) groups excluding carboxylic acids is 4. The van der Waals surface area contributed by atoms with Crippen molar-refractivity contribution < 1.29 is 37.1 Å². The second-order valence-electron chi connectivity index (χ2n) is 8.34. The van der Waals surface area contributed by atoms with Crippen LogP contribution in [0.1, 0.15) is 31.7 Å². The number of fused-ring (bicyclic) bond motifs is 5. The Bertz CT molecular complexity index is 919. The van der Waals surface area contributed by atoms with Crippen molar-refractivity contribution in [2.45, 2.75) is 38.4 Å². The van der Waals surface area contributed by atoms with E-state index < -0.39 is 36.3 Å². The zero-order chi connectivity index (χ0) is 22.5. The summed E-state index contributed by atoms with van der Waals surface area (Å²) in [5.41, 5.74) is -1.03. The standard InChI is InChI=1S/C21H21F3N2O5/c1-10(26-18(28)16-11-5-6-12(7-11)17(16)19(26)29)20(30)31-9-15(27)25-14-4-2-3-13(8-14)21(22,23)24/h2-4,8,10-12,16-17H,5-7,9H2,1H3,(H,25,27)/t10-,11-,12-,16-,17+/m0/s1. The predicted octanol–water partition coefficient (Wildman–Crippen LogP) is 2.61. The number of imide groups is 1. The van der Waals surface area contributed by atoms with E-state index >= 15 is 0 Å². The summed E-state index contributed by atoms with van der Waals surface area (Å²) in [6.45, 7) is 0.611. The van der Waals surface area contributed by atoms with Crippen LogP contribution in [0.3, 0.4) is 0 Å². The lowest BCUT2D eigenvalue weighted by atomic mass is 9.81. The minimum atomic E-state index is -4.56. The van der Waals surface area contributed by atoms with Crippen LogP contribution in [0.15, 0.2) is 24.3 Å². The number of halogens is 3. The van der Waals surface area contributed by atoms with Crippen molar-refractivity contribution in [1.82, 2.24) is 4.90 Å². The first kappa shape index (κ1) is 21.3. The lowest BCUT2D eigenvalue weighted by Crippen LogP contribution is -2.45. The highest BCUT2D eigenvalue weighted by molar-refractivity contribution is 6.08. The molecule has 2 saturated carbocycles. The number of rotatable bonds is 5. The molecule has 3 fully saturated rings. The largest absolute Gasteiger partial charge is 0.454 e. The maximum Gasteiger partial charge on any atom is 0.416 e. The molecule has 7 nitrogen and oxygen atoms in total. The van der Waals surface area contributed by atoms with Crippen LogP contribution in [-0.4, -0.2) is 41.2 Å². The summed E-state index contributed by atoms with van der Waals surface area (Å²) in [6, 6.07) is 2.86. The fourth-order valence-electron chi connectivity index (χ4n) is 5.15. The number of alkyl halides is 3. The van der Waals surface area contributed by atoms with Crippen molar-refractivity contribution in [2.24, 2.45) is 23.7 Å². The molecule has 0 spiro atoms. The van der Waals surface area contributed by atoms with Crippen LogP contribution in [0.25, 0.3) is 0 Å². The number of hydrogen-bond donors (Lipinski definition) is 1. The first-order chi connectivity index (χ1) is 14.6. The second-order valence-corrected chi connectivity index (χ2v) is 8.34. The summed E-state index contributed by atoms with van der Waals surface area (Å²) >= 11 is 0. The molecule has 1 N–H and O–H groups in total. The molecule has 4 rings (SSSR count). The highest BCUT2D eigenvalue weighted by Gasteiger charge is 2.62. The van der Waals surface area contributed by atoms with Gasteiger partial charge in [-0.25, -0.2) is 4.79 Å². The molecular weight excluding hydrogens is 417 g/mol. The fraction of sp³-hybridized carbons (Fsp3) is 0.524. The van der Waals surface area contributed by atoms with Crippen LogP contribution in [-0.2, 0) is 30.1 Å². The maximum atomic E-state index is 12.8. The summed E-state index contributed by atoms with van der Waals surface area (Å²) in [5.74, 6) is -2.87. The average Bonchev–Trinajstić information content (AvgIpc) is 3.39. The number of benzene rings is 1. The third-order valence-corrected chi connectivity index (χ3v) is 6.51. The normalized spacial score (nSPS) is 27.9. The number of nitrogens with zero attached hydrogens (tertiary/aromatic N) is 1. The number of amides is 3. The molecule has 10 heteroatoms. The molecule has 0 unspecified atom stereocenters. The monoisotopic (exact) mass is 438 g/mol. The summed E-state index contributed by atoms with van der Waals surface area (Å²) in [6.07, 6.45) is -1.87. The Morgan fingerprint density at radius 3 is 2.35 bits per heavy atom. The summed E-state index contributed by atoms with van der Waals surface area (Å²) in [4.78, 5) is 50.8. The highest BCUT2D eigenvalue weighted by Crippen LogP contribution is 2.56. The van der Waals surface area contributed by atoms with Gasteiger partial charge in [-0.3, -0.25) is 19.3 Å². The van der Waals surface area contributed by atoms with Gasteiger partial charge in [-0.05, 0) is 56.2 Å². The van der Waals surface area contributed by atoms with Gasteiger partial charge >= 0.3 is 12.1 Å². The Morgan fingerprint density at radius 1 is 1.16 bits per heavy atom. The Morgan fingerprint density at radius 2 is 1.77 bits per heavy atom. The highest BCUT2D eigenvalue weighted by atomic mass is 19.4. The molecular formula is C21H21F3N2O5. The Balaban J connectivity index is 1.33. The van der Waals surface area contributed by atoms with Crippen LogP contribution in [0.2, 0.25) is 0 Å². The number of hydrogen-bond acceptors (Lipinski definition) is 5. The molecule has 1 aromatic rings. The summed E-state index contributed by atoms with van der Waals surface area (Å²) < 4.78 is 43.2. The number of ether oxygens (including phenoxy) is 1. The van der Waals surface area contributed by atoms with Crippen molar-refractivity contribution >= 4 is 29.4 Å². The third-order valence-electron chi connectivity index (χ3n) is 6.51. The Kier molecular flexibility index (Phi) is 5.26. The summed E-state index contributed by atoms with van der Waals surface area (Å²) in [7, 11) is 0. The van der Waals surface area contributed by atoms with E-state index in [1.807, 2.05) is 0 Å². The fourth-order valence-corrected chi connectivity index (χ4v) is 5.15. The number of esters is 1. The van der Waals surface area contributed by atoms with E-state index in [1.54, 1.807) is 0 Å². The van der Waals surface area contributed by atoms with Gasteiger partial charge in [0, 0.05) is 5.69 Å². The molecule has 3 aliphatic rings. The van der Waals surface area contributed by atoms with Gasteiger partial charge in [0.15, 0.2) is 6.61 Å². The van der Waals surface area contributed by atoms with Gasteiger partial charge < -0.3 is 10.1 Å². The molecule has 2 aliphatic carbocycles. The zero-order valence-corrected chi connectivity index (χ0v) is 16.6. The van der Waals surface area contributed by atoms with Crippen LogP contribution in [0.4, 0.5) is 18.9 Å². The van der Waals surface area contributed by atoms with E-state index in [-0.39, 0.29) is 41.2 Å². The topological polar surface area (TPSA) is 92.8 Å². The average molecular weight is 438 g/mol. The Labute approximate surface area is 175 Å². The molecule has 1 heterocycles. The van der Waals surface area contributed by atoms with Gasteiger partial charge in [0.2, 0.25) is 11.8 Å². The number of likely N-dealkylation sites (tertiary alicyclic amines) is 1. The first-order valence-corrected chi connectivity index (χ1v) is 10.1. The number of nitrogens with one attached hydrogen (secondary N) is 1. The third kappa shape index (κ3) is 3.79. The van der Waals surface area contributed by atoms with E-state index in [2.05, 4.69) is 5.32 Å². The zero-order valence-electron chi connectivity index (χ0n) is 16.6. The molecule has 2 bridgehead atoms. The smallest absolute Gasteiger partial charge is 0.416 e. The van der Waals surface area contributed by atoms with E-state index in [9.17, 15) is 32.3 Å². The second kappa shape index (κ2) is 7.65. The maximum absolute atomic E-state index is 12.8. The van der Waals surface area contributed by atoms with Gasteiger partial charge in [-0.15, -0.1) is 0 Å². The minimum absolute atomic E-state index is 0.0999. The molecule has 0 radical (unpaired) electrons. The molecule has 1 aliphatic heterocycles. The molecule has 1 saturated heterocycles. The molecule has 3 amide bonds. The molecule has 5 atom stereocenters. The van der Waals surface area contributed by atoms with Gasteiger partial charge in [-0.2, -0.15) is 13.2 Å². The molecule has 166 valence electrons. The van der Waals surface area contributed by atoms with Crippen LogP contribution < -0.4 is 5.32 Å². The van der Waals surface area contributed by atoms with E-state index in [0.29, 0.717) is 0 Å².